The Morgan fingerprint density at radius 3 is 2.34 bits per heavy atom. The first-order chi connectivity index (χ1) is 14.0. The smallest absolute Gasteiger partial charge is 0.240 e. The van der Waals surface area contributed by atoms with E-state index in [0.717, 1.165) is 17.2 Å². The van der Waals surface area contributed by atoms with Gasteiger partial charge in [0.1, 0.15) is 11.5 Å². The minimum Gasteiger partial charge on any atom is -0.493 e. The SMILES string of the molecule is N#Cc1ccc(-c2ccc(OCCC(=O)NCC3=CC(=O)C(=O)CO3)cc2)cc1. The molecule has 1 aliphatic heterocycles. The number of amides is 1. The lowest BCUT2D eigenvalue weighted by molar-refractivity contribution is -0.137. The first-order valence-corrected chi connectivity index (χ1v) is 8.96. The summed E-state index contributed by atoms with van der Waals surface area (Å²) in [5.41, 5.74) is 2.60. The molecule has 0 fully saturated rings. The maximum Gasteiger partial charge on any atom is 0.240 e. The van der Waals surface area contributed by atoms with E-state index >= 15 is 0 Å². The zero-order valence-electron chi connectivity index (χ0n) is 15.5. The molecule has 3 rings (SSSR count). The fourth-order valence-electron chi connectivity index (χ4n) is 2.62. The van der Waals surface area contributed by atoms with Gasteiger partial charge in [-0.15, -0.1) is 0 Å². The Labute approximate surface area is 167 Å². The zero-order valence-corrected chi connectivity index (χ0v) is 15.5. The van der Waals surface area contributed by atoms with Crippen LogP contribution in [-0.4, -0.2) is 37.2 Å². The Morgan fingerprint density at radius 2 is 1.72 bits per heavy atom. The number of allylic oxidation sites excluding steroid dienone is 1. The van der Waals surface area contributed by atoms with Gasteiger partial charge in [-0.05, 0) is 35.4 Å². The first-order valence-electron chi connectivity index (χ1n) is 8.96. The van der Waals surface area contributed by atoms with Crippen molar-refractivity contribution in [2.24, 2.45) is 0 Å². The predicted molar refractivity (Wildman–Crippen MR) is 104 cm³/mol. The number of Topliss-reactive ketones (excluding diaryl/α,β-unsaturated/α-hetero) is 1. The summed E-state index contributed by atoms with van der Waals surface area (Å²) >= 11 is 0. The number of rotatable bonds is 7. The molecule has 7 nitrogen and oxygen atoms in total. The highest BCUT2D eigenvalue weighted by Crippen LogP contribution is 2.22. The van der Waals surface area contributed by atoms with Gasteiger partial charge in [-0.25, -0.2) is 0 Å². The van der Waals surface area contributed by atoms with Crippen molar-refractivity contribution in [2.75, 3.05) is 19.8 Å². The number of carbonyl (C=O) groups is 3. The van der Waals surface area contributed by atoms with Crippen LogP contribution in [0.1, 0.15) is 12.0 Å². The van der Waals surface area contributed by atoms with Crippen LogP contribution >= 0.6 is 0 Å². The van der Waals surface area contributed by atoms with E-state index in [-0.39, 0.29) is 37.8 Å². The summed E-state index contributed by atoms with van der Waals surface area (Å²) in [6.45, 7) is -0.0430. The Kier molecular flexibility index (Phi) is 6.38. The highest BCUT2D eigenvalue weighted by Gasteiger charge is 2.20. The van der Waals surface area contributed by atoms with Crippen molar-refractivity contribution >= 4 is 17.5 Å². The molecular formula is C22H18N2O5. The number of hydrogen-bond donors (Lipinski definition) is 1. The second kappa shape index (κ2) is 9.33. The number of nitrogens with one attached hydrogen (secondary N) is 1. The van der Waals surface area contributed by atoms with Crippen LogP contribution in [0.25, 0.3) is 11.1 Å². The largest absolute Gasteiger partial charge is 0.493 e. The molecule has 1 N–H and O–H groups in total. The van der Waals surface area contributed by atoms with Crippen molar-refractivity contribution in [3.05, 3.63) is 65.9 Å². The van der Waals surface area contributed by atoms with Crippen molar-refractivity contribution in [2.45, 2.75) is 6.42 Å². The lowest BCUT2D eigenvalue weighted by atomic mass is 10.0. The molecule has 0 spiro atoms. The van der Waals surface area contributed by atoms with Gasteiger partial charge >= 0.3 is 0 Å². The summed E-state index contributed by atoms with van der Waals surface area (Å²) in [6, 6.07) is 16.8. The van der Waals surface area contributed by atoms with Crippen LogP contribution in [0.4, 0.5) is 0 Å². The molecule has 0 unspecified atom stereocenters. The van der Waals surface area contributed by atoms with E-state index in [2.05, 4.69) is 11.4 Å². The van der Waals surface area contributed by atoms with Crippen LogP contribution in [-0.2, 0) is 19.1 Å². The fraction of sp³-hybridized carbons (Fsp3) is 0.182. The van der Waals surface area contributed by atoms with E-state index in [9.17, 15) is 14.4 Å². The quantitative estimate of drug-likeness (QED) is 0.727. The van der Waals surface area contributed by atoms with E-state index < -0.39 is 11.6 Å². The molecule has 146 valence electrons. The van der Waals surface area contributed by atoms with Gasteiger partial charge in [0.15, 0.2) is 6.61 Å². The van der Waals surface area contributed by atoms with E-state index in [1.54, 1.807) is 12.1 Å². The highest BCUT2D eigenvalue weighted by atomic mass is 16.5. The van der Waals surface area contributed by atoms with Crippen molar-refractivity contribution in [1.82, 2.24) is 5.32 Å². The molecule has 0 aliphatic carbocycles. The molecule has 0 radical (unpaired) electrons. The zero-order chi connectivity index (χ0) is 20.6. The number of nitrogens with zero attached hydrogens (tertiary/aromatic N) is 1. The number of ketones is 2. The predicted octanol–water partition coefficient (Wildman–Crippen LogP) is 2.16. The van der Waals surface area contributed by atoms with Crippen LogP contribution in [0.2, 0.25) is 0 Å². The van der Waals surface area contributed by atoms with Crippen LogP contribution in [0.3, 0.4) is 0 Å². The van der Waals surface area contributed by atoms with Crippen LogP contribution < -0.4 is 10.1 Å². The minimum atomic E-state index is -0.617. The molecular weight excluding hydrogens is 372 g/mol. The Morgan fingerprint density at radius 1 is 1.07 bits per heavy atom. The van der Waals surface area contributed by atoms with Gasteiger partial charge in [0.2, 0.25) is 17.5 Å². The van der Waals surface area contributed by atoms with Crippen LogP contribution in [0, 0.1) is 11.3 Å². The summed E-state index contributed by atoms with van der Waals surface area (Å²) in [7, 11) is 0. The van der Waals surface area contributed by atoms with Gasteiger partial charge in [-0.3, -0.25) is 14.4 Å². The second-order valence-corrected chi connectivity index (χ2v) is 6.28. The summed E-state index contributed by atoms with van der Waals surface area (Å²) < 4.78 is 10.7. The molecule has 1 amide bonds. The molecule has 7 heteroatoms. The van der Waals surface area contributed by atoms with Gasteiger partial charge in [-0.1, -0.05) is 24.3 Å². The standard InChI is InChI=1S/C22H18N2O5/c23-12-15-1-3-16(4-2-15)17-5-7-18(8-6-17)28-10-9-22(27)24-13-19-11-20(25)21(26)14-29-19/h1-8,11H,9-10,13-14H2,(H,24,27). The lowest BCUT2D eigenvalue weighted by Crippen LogP contribution is -2.31. The van der Waals surface area contributed by atoms with E-state index in [1.165, 1.54) is 0 Å². The Balaban J connectivity index is 1.42. The molecule has 0 saturated carbocycles. The van der Waals surface area contributed by atoms with Crippen molar-refractivity contribution in [1.29, 1.82) is 5.26 Å². The van der Waals surface area contributed by atoms with Crippen LogP contribution in [0.15, 0.2) is 60.4 Å². The minimum absolute atomic E-state index is 0.0527. The maximum absolute atomic E-state index is 11.9. The maximum atomic E-state index is 11.9. The van der Waals surface area contributed by atoms with Gasteiger partial charge in [0.25, 0.3) is 0 Å². The number of hydrogen-bond acceptors (Lipinski definition) is 6. The molecule has 0 bridgehead atoms. The Bertz CT molecular complexity index is 985. The molecule has 1 heterocycles. The second-order valence-electron chi connectivity index (χ2n) is 6.28. The molecule has 29 heavy (non-hydrogen) atoms. The summed E-state index contributed by atoms with van der Waals surface area (Å²) in [6.07, 6.45) is 1.23. The summed E-state index contributed by atoms with van der Waals surface area (Å²) in [5.74, 6) is -0.570. The summed E-state index contributed by atoms with van der Waals surface area (Å²) in [5, 5.41) is 11.5. The topological polar surface area (TPSA) is 105 Å². The molecule has 2 aromatic carbocycles. The Hall–Kier alpha value is -3.92. The monoisotopic (exact) mass is 390 g/mol. The normalized spacial score (nSPS) is 13.1. The average molecular weight is 390 g/mol. The first kappa shape index (κ1) is 19.8. The van der Waals surface area contributed by atoms with Crippen molar-refractivity contribution < 1.29 is 23.9 Å². The van der Waals surface area contributed by atoms with Crippen molar-refractivity contribution in [3.8, 4) is 22.9 Å². The number of ether oxygens (including phenoxy) is 2. The van der Waals surface area contributed by atoms with Gasteiger partial charge in [-0.2, -0.15) is 5.26 Å². The third kappa shape index (κ3) is 5.53. The number of nitriles is 1. The number of carbonyl (C=O) groups excluding carboxylic acids is 3. The third-order valence-corrected chi connectivity index (χ3v) is 4.21. The average Bonchev–Trinajstić information content (AvgIpc) is 2.75. The van der Waals surface area contributed by atoms with Crippen molar-refractivity contribution in [3.63, 3.8) is 0 Å². The highest BCUT2D eigenvalue weighted by molar-refractivity contribution is 6.42. The van der Waals surface area contributed by atoms with E-state index in [1.807, 2.05) is 36.4 Å². The van der Waals surface area contributed by atoms with Crippen LogP contribution in [0.5, 0.6) is 5.75 Å². The molecule has 0 atom stereocenters. The van der Waals surface area contributed by atoms with Gasteiger partial charge in [0, 0.05) is 6.08 Å². The molecule has 1 aliphatic rings. The van der Waals surface area contributed by atoms with E-state index in [0.29, 0.717) is 11.3 Å². The third-order valence-electron chi connectivity index (χ3n) is 4.21. The van der Waals surface area contributed by atoms with E-state index in [4.69, 9.17) is 14.7 Å². The number of benzene rings is 2. The molecule has 0 aromatic heterocycles. The molecule has 2 aromatic rings. The van der Waals surface area contributed by atoms with Gasteiger partial charge < -0.3 is 14.8 Å². The fourth-order valence-corrected chi connectivity index (χ4v) is 2.62. The molecule has 0 saturated heterocycles. The summed E-state index contributed by atoms with van der Waals surface area (Å²) in [4.78, 5) is 34.2. The van der Waals surface area contributed by atoms with Gasteiger partial charge in [0.05, 0.1) is 31.2 Å². The lowest BCUT2D eigenvalue weighted by Gasteiger charge is -2.14.